The zero-order valence-electron chi connectivity index (χ0n) is 20.3. The molecule has 0 aliphatic carbocycles. The number of carbonyl (C=O) groups is 1. The van der Waals surface area contributed by atoms with Crippen LogP contribution in [0.2, 0.25) is 0 Å². The Kier molecular flexibility index (Phi) is 7.87. The maximum absolute atomic E-state index is 13.0. The summed E-state index contributed by atoms with van der Waals surface area (Å²) in [5.74, 6) is -0.675. The molecule has 1 N–H and O–H groups in total. The Morgan fingerprint density at radius 2 is 1.47 bits per heavy atom. The van der Waals surface area contributed by atoms with Crippen molar-refractivity contribution in [3.63, 3.8) is 0 Å². The van der Waals surface area contributed by atoms with Gasteiger partial charge in [0.2, 0.25) is 5.91 Å². The van der Waals surface area contributed by atoms with Crippen LogP contribution in [0.1, 0.15) is 12.5 Å². The first-order valence-corrected chi connectivity index (χ1v) is 13.4. The molecule has 0 unspecified atom stereocenters. The molecule has 0 saturated heterocycles. The molecule has 0 saturated carbocycles. The Morgan fingerprint density at radius 3 is 2.13 bits per heavy atom. The van der Waals surface area contributed by atoms with E-state index in [2.05, 4.69) is 10.1 Å². The Bertz CT molecular complexity index is 1530. The van der Waals surface area contributed by atoms with Crippen molar-refractivity contribution in [1.29, 1.82) is 0 Å². The predicted octanol–water partition coefficient (Wildman–Crippen LogP) is 6.89. The number of hydrogen-bond acceptors (Lipinski definition) is 4. The van der Waals surface area contributed by atoms with Gasteiger partial charge in [-0.25, -0.2) is 8.42 Å². The number of ether oxygens (including phenoxy) is 1. The van der Waals surface area contributed by atoms with E-state index in [4.69, 9.17) is 0 Å². The average molecular weight is 540 g/mol. The van der Waals surface area contributed by atoms with Gasteiger partial charge in [0.1, 0.15) is 5.75 Å². The SMILES string of the molecule is CCS(=O)(=O)c1ccc(CC(=O)Nc2ccc(-c3ccccc3OC(F)(F)F)c(-c3ccccc3)c2)cc1. The highest BCUT2D eigenvalue weighted by atomic mass is 32.2. The van der Waals surface area contributed by atoms with E-state index in [0.717, 1.165) is 5.56 Å². The van der Waals surface area contributed by atoms with Crippen LogP contribution in [-0.4, -0.2) is 26.4 Å². The van der Waals surface area contributed by atoms with Crippen LogP contribution < -0.4 is 10.1 Å². The standard InChI is InChI=1S/C29H24F3NO4S/c1-2-38(35,36)23-15-12-20(13-16-23)18-28(34)33-22-14-17-24(26(19-22)21-8-4-3-5-9-21)25-10-6-7-11-27(25)37-29(30,31)32/h3-17,19H,2,18H2,1H3,(H,33,34). The number of halogens is 3. The molecule has 4 aromatic rings. The van der Waals surface area contributed by atoms with Crippen molar-refractivity contribution in [3.05, 3.63) is 103 Å². The molecule has 0 aliphatic heterocycles. The summed E-state index contributed by atoms with van der Waals surface area (Å²) in [6.07, 6.45) is -4.84. The van der Waals surface area contributed by atoms with Crippen LogP contribution in [0.3, 0.4) is 0 Å². The van der Waals surface area contributed by atoms with Crippen molar-refractivity contribution in [2.75, 3.05) is 11.1 Å². The van der Waals surface area contributed by atoms with Crippen molar-refractivity contribution in [3.8, 4) is 28.0 Å². The second-order valence-corrected chi connectivity index (χ2v) is 10.7. The number of hydrogen-bond donors (Lipinski definition) is 1. The summed E-state index contributed by atoms with van der Waals surface area (Å²) in [6, 6.07) is 26.1. The van der Waals surface area contributed by atoms with Crippen LogP contribution in [0.5, 0.6) is 5.75 Å². The highest BCUT2D eigenvalue weighted by Crippen LogP contribution is 2.40. The van der Waals surface area contributed by atoms with Gasteiger partial charge in [-0.05, 0) is 52.6 Å². The second kappa shape index (κ2) is 11.1. The highest BCUT2D eigenvalue weighted by Gasteiger charge is 2.32. The van der Waals surface area contributed by atoms with Crippen molar-refractivity contribution >= 4 is 21.4 Å². The number of alkyl halides is 3. The fourth-order valence-electron chi connectivity index (χ4n) is 3.99. The molecule has 9 heteroatoms. The zero-order valence-corrected chi connectivity index (χ0v) is 21.1. The van der Waals surface area contributed by atoms with Gasteiger partial charge in [0.25, 0.3) is 0 Å². The minimum absolute atomic E-state index is 0.0110. The summed E-state index contributed by atoms with van der Waals surface area (Å²) in [5.41, 5.74) is 3.20. The van der Waals surface area contributed by atoms with Gasteiger partial charge in [-0.2, -0.15) is 0 Å². The molecule has 0 aliphatic rings. The molecule has 196 valence electrons. The fourth-order valence-corrected chi connectivity index (χ4v) is 4.87. The van der Waals surface area contributed by atoms with Crippen LogP contribution in [0.25, 0.3) is 22.3 Å². The smallest absolute Gasteiger partial charge is 0.405 e. The molecule has 1 amide bonds. The van der Waals surface area contributed by atoms with E-state index < -0.39 is 16.2 Å². The Hall–Kier alpha value is -4.11. The quantitative estimate of drug-likeness (QED) is 0.265. The third-order valence-electron chi connectivity index (χ3n) is 5.82. The fraction of sp³-hybridized carbons (Fsp3) is 0.138. The second-order valence-electron chi connectivity index (χ2n) is 8.44. The van der Waals surface area contributed by atoms with Crippen molar-refractivity contribution in [2.24, 2.45) is 0 Å². The maximum atomic E-state index is 13.0. The molecule has 0 heterocycles. The van der Waals surface area contributed by atoms with E-state index in [-0.39, 0.29) is 34.3 Å². The number of rotatable bonds is 8. The van der Waals surface area contributed by atoms with E-state index in [1.807, 2.05) is 30.3 Å². The van der Waals surface area contributed by atoms with Crippen molar-refractivity contribution in [2.45, 2.75) is 24.6 Å². The summed E-state index contributed by atoms with van der Waals surface area (Å²) in [6.45, 7) is 1.56. The van der Waals surface area contributed by atoms with Gasteiger partial charge in [0.15, 0.2) is 9.84 Å². The third kappa shape index (κ3) is 6.60. The lowest BCUT2D eigenvalue weighted by atomic mass is 9.93. The number of sulfone groups is 1. The molecule has 0 atom stereocenters. The minimum Gasteiger partial charge on any atom is -0.405 e. The number of nitrogens with one attached hydrogen (secondary N) is 1. The molecule has 0 fully saturated rings. The van der Waals surface area contributed by atoms with Crippen LogP contribution >= 0.6 is 0 Å². The molecule has 0 radical (unpaired) electrons. The normalized spacial score (nSPS) is 11.7. The van der Waals surface area contributed by atoms with E-state index >= 15 is 0 Å². The van der Waals surface area contributed by atoms with Crippen LogP contribution in [0, 0.1) is 0 Å². The Labute approximate surface area is 218 Å². The van der Waals surface area contributed by atoms with Crippen LogP contribution in [-0.2, 0) is 21.1 Å². The van der Waals surface area contributed by atoms with Gasteiger partial charge < -0.3 is 10.1 Å². The number of amides is 1. The number of benzene rings is 4. The summed E-state index contributed by atoms with van der Waals surface area (Å²) < 4.78 is 67.4. The van der Waals surface area contributed by atoms with Gasteiger partial charge in [-0.3, -0.25) is 4.79 Å². The first kappa shape index (κ1) is 26.9. The lowest BCUT2D eigenvalue weighted by Crippen LogP contribution is -2.17. The summed E-state index contributed by atoms with van der Waals surface area (Å²) in [5, 5.41) is 2.82. The monoisotopic (exact) mass is 539 g/mol. The van der Waals surface area contributed by atoms with Crippen LogP contribution in [0.4, 0.5) is 18.9 Å². The van der Waals surface area contributed by atoms with E-state index in [0.29, 0.717) is 22.4 Å². The van der Waals surface area contributed by atoms with E-state index in [1.54, 1.807) is 49.4 Å². The van der Waals surface area contributed by atoms with Gasteiger partial charge in [0.05, 0.1) is 17.1 Å². The first-order chi connectivity index (χ1) is 18.1. The predicted molar refractivity (Wildman–Crippen MR) is 140 cm³/mol. The molecular formula is C29H24F3NO4S. The van der Waals surface area contributed by atoms with Crippen molar-refractivity contribution < 1.29 is 31.1 Å². The first-order valence-electron chi connectivity index (χ1n) is 11.7. The average Bonchev–Trinajstić information content (AvgIpc) is 2.89. The third-order valence-corrected chi connectivity index (χ3v) is 7.57. The number of para-hydroxylation sites is 1. The lowest BCUT2D eigenvalue weighted by Gasteiger charge is -2.17. The van der Waals surface area contributed by atoms with Gasteiger partial charge in [0, 0.05) is 11.3 Å². The Balaban J connectivity index is 1.63. The molecule has 0 bridgehead atoms. The minimum atomic E-state index is -4.85. The highest BCUT2D eigenvalue weighted by molar-refractivity contribution is 7.91. The van der Waals surface area contributed by atoms with Gasteiger partial charge in [-0.1, -0.05) is 73.7 Å². The number of anilines is 1. The number of carbonyl (C=O) groups excluding carboxylic acids is 1. The summed E-state index contributed by atoms with van der Waals surface area (Å²) >= 11 is 0. The van der Waals surface area contributed by atoms with E-state index in [9.17, 15) is 26.4 Å². The van der Waals surface area contributed by atoms with Crippen molar-refractivity contribution in [1.82, 2.24) is 0 Å². The van der Waals surface area contributed by atoms with E-state index in [1.165, 1.54) is 24.3 Å². The van der Waals surface area contributed by atoms with Crippen LogP contribution in [0.15, 0.2) is 102 Å². The Morgan fingerprint density at radius 1 is 0.816 bits per heavy atom. The van der Waals surface area contributed by atoms with Gasteiger partial charge in [-0.15, -0.1) is 13.2 Å². The molecule has 38 heavy (non-hydrogen) atoms. The molecule has 4 aromatic carbocycles. The van der Waals surface area contributed by atoms with Gasteiger partial charge >= 0.3 is 6.36 Å². The largest absolute Gasteiger partial charge is 0.573 e. The zero-order chi connectivity index (χ0) is 27.3. The summed E-state index contributed by atoms with van der Waals surface area (Å²) in [7, 11) is -3.34. The summed E-state index contributed by atoms with van der Waals surface area (Å²) in [4.78, 5) is 13.0. The topological polar surface area (TPSA) is 72.5 Å². The maximum Gasteiger partial charge on any atom is 0.573 e. The molecule has 4 rings (SSSR count). The molecule has 0 spiro atoms. The molecule has 0 aromatic heterocycles. The molecule has 5 nitrogen and oxygen atoms in total. The molecular weight excluding hydrogens is 515 g/mol. The lowest BCUT2D eigenvalue weighted by molar-refractivity contribution is -0.274.